The average Bonchev–Trinajstić information content (AvgIpc) is 2.64. The summed E-state index contributed by atoms with van der Waals surface area (Å²) < 4.78 is 0. The standard InChI is InChI=1S/C17H20Cl2N6O.ClH/c18-13-4-3-11(8-14(13)19)24-17(26)22-10-16-21-7-5-15(25-16)23-12-2-1-6-20-9-12;/h3-5,7-8,12,20H,1-2,6,9-10H2,(H,21,23,25)(H2,22,24,26);1H. The molecule has 1 aliphatic rings. The van der Waals surface area contributed by atoms with Crippen molar-refractivity contribution in [3.63, 3.8) is 0 Å². The molecule has 2 amide bonds. The van der Waals surface area contributed by atoms with Crippen molar-refractivity contribution >= 4 is 53.1 Å². The van der Waals surface area contributed by atoms with E-state index in [1.54, 1.807) is 24.4 Å². The predicted molar refractivity (Wildman–Crippen MR) is 111 cm³/mol. The maximum absolute atomic E-state index is 12.0. The van der Waals surface area contributed by atoms with Gasteiger partial charge >= 0.3 is 6.03 Å². The monoisotopic (exact) mass is 430 g/mol. The summed E-state index contributed by atoms with van der Waals surface area (Å²) >= 11 is 11.8. The van der Waals surface area contributed by atoms with E-state index in [9.17, 15) is 4.79 Å². The van der Waals surface area contributed by atoms with Crippen molar-refractivity contribution in [3.05, 3.63) is 46.3 Å². The van der Waals surface area contributed by atoms with Gasteiger partial charge in [-0.1, -0.05) is 23.2 Å². The lowest BCUT2D eigenvalue weighted by atomic mass is 10.1. The van der Waals surface area contributed by atoms with E-state index in [-0.39, 0.29) is 25.0 Å². The molecule has 2 aromatic rings. The number of urea groups is 1. The first-order valence-electron chi connectivity index (χ1n) is 8.39. The number of hydrogen-bond acceptors (Lipinski definition) is 5. The molecule has 0 saturated carbocycles. The third-order valence-electron chi connectivity index (χ3n) is 3.94. The second-order valence-electron chi connectivity index (χ2n) is 5.98. The number of amides is 2. The van der Waals surface area contributed by atoms with Gasteiger partial charge in [-0.3, -0.25) is 0 Å². The number of hydrogen-bond donors (Lipinski definition) is 4. The fourth-order valence-electron chi connectivity index (χ4n) is 2.66. The molecule has 0 spiro atoms. The van der Waals surface area contributed by atoms with Crippen LogP contribution in [0.3, 0.4) is 0 Å². The topological polar surface area (TPSA) is 91.0 Å². The number of rotatable bonds is 5. The van der Waals surface area contributed by atoms with Crippen molar-refractivity contribution < 1.29 is 4.79 Å². The van der Waals surface area contributed by atoms with Gasteiger partial charge < -0.3 is 21.3 Å². The normalized spacial score (nSPS) is 16.1. The lowest BCUT2D eigenvalue weighted by molar-refractivity contribution is 0.251. The van der Waals surface area contributed by atoms with Gasteiger partial charge in [0.2, 0.25) is 0 Å². The number of nitrogens with one attached hydrogen (secondary N) is 4. The molecule has 1 unspecified atom stereocenters. The minimum atomic E-state index is -0.373. The quantitative estimate of drug-likeness (QED) is 0.579. The van der Waals surface area contributed by atoms with Crippen LogP contribution < -0.4 is 21.3 Å². The van der Waals surface area contributed by atoms with Gasteiger partial charge in [-0.05, 0) is 43.7 Å². The van der Waals surface area contributed by atoms with E-state index >= 15 is 0 Å². The summed E-state index contributed by atoms with van der Waals surface area (Å²) in [7, 11) is 0. The minimum absolute atomic E-state index is 0. The van der Waals surface area contributed by atoms with Crippen LogP contribution in [0, 0.1) is 0 Å². The third kappa shape index (κ3) is 6.70. The van der Waals surface area contributed by atoms with E-state index < -0.39 is 0 Å². The first kappa shape index (κ1) is 21.5. The van der Waals surface area contributed by atoms with E-state index in [1.165, 1.54) is 0 Å². The predicted octanol–water partition coefficient (Wildman–Crippen LogP) is 3.69. The molecule has 0 bridgehead atoms. The zero-order chi connectivity index (χ0) is 18.4. The number of benzene rings is 1. The van der Waals surface area contributed by atoms with Crippen LogP contribution in [0.1, 0.15) is 18.7 Å². The van der Waals surface area contributed by atoms with E-state index in [2.05, 4.69) is 31.2 Å². The molecular weight excluding hydrogens is 411 g/mol. The molecule has 1 aromatic carbocycles. The van der Waals surface area contributed by atoms with Gasteiger partial charge in [0.15, 0.2) is 0 Å². The SMILES string of the molecule is Cl.O=C(NCc1nccc(NC2CCCNC2)n1)Nc1ccc(Cl)c(Cl)c1. The lowest BCUT2D eigenvalue weighted by Gasteiger charge is -2.24. The van der Waals surface area contributed by atoms with E-state index in [0.717, 1.165) is 31.7 Å². The highest BCUT2D eigenvalue weighted by atomic mass is 35.5. The molecule has 1 aliphatic heterocycles. The smallest absolute Gasteiger partial charge is 0.319 e. The molecule has 4 N–H and O–H groups in total. The highest BCUT2D eigenvalue weighted by Gasteiger charge is 2.13. The third-order valence-corrected chi connectivity index (χ3v) is 4.68. The Morgan fingerprint density at radius 1 is 1.26 bits per heavy atom. The maximum atomic E-state index is 12.0. The van der Waals surface area contributed by atoms with E-state index in [1.807, 2.05) is 6.07 Å². The number of halogens is 3. The molecule has 1 saturated heterocycles. The van der Waals surface area contributed by atoms with Crippen molar-refractivity contribution in [1.29, 1.82) is 0 Å². The maximum Gasteiger partial charge on any atom is 0.319 e. The molecule has 0 aliphatic carbocycles. The summed E-state index contributed by atoms with van der Waals surface area (Å²) in [6, 6.07) is 6.70. The Morgan fingerprint density at radius 2 is 2.11 bits per heavy atom. The Bertz CT molecular complexity index is 770. The molecule has 146 valence electrons. The van der Waals surface area contributed by atoms with Crippen LogP contribution in [0.15, 0.2) is 30.5 Å². The molecule has 27 heavy (non-hydrogen) atoms. The van der Waals surface area contributed by atoms with Crippen LogP contribution in [0.2, 0.25) is 10.0 Å². The second kappa shape index (κ2) is 10.5. The van der Waals surface area contributed by atoms with Crippen LogP contribution >= 0.6 is 35.6 Å². The molecule has 10 heteroatoms. The van der Waals surface area contributed by atoms with Crippen molar-refractivity contribution in [3.8, 4) is 0 Å². The largest absolute Gasteiger partial charge is 0.366 e. The van der Waals surface area contributed by atoms with Crippen molar-refractivity contribution in [2.75, 3.05) is 23.7 Å². The number of anilines is 2. The summed E-state index contributed by atoms with van der Waals surface area (Å²) in [5, 5.41) is 13.0. The van der Waals surface area contributed by atoms with Gasteiger partial charge in [0.1, 0.15) is 11.6 Å². The summed E-state index contributed by atoms with van der Waals surface area (Å²) in [4.78, 5) is 20.6. The van der Waals surface area contributed by atoms with Gasteiger partial charge in [0.05, 0.1) is 16.6 Å². The Morgan fingerprint density at radius 3 is 2.85 bits per heavy atom. The highest BCUT2D eigenvalue weighted by Crippen LogP contribution is 2.24. The first-order valence-corrected chi connectivity index (χ1v) is 9.15. The first-order chi connectivity index (χ1) is 12.6. The molecule has 3 rings (SSSR count). The van der Waals surface area contributed by atoms with Crippen LogP contribution in [0.4, 0.5) is 16.3 Å². The molecular formula is C17H21Cl3N6O. The van der Waals surface area contributed by atoms with Gasteiger partial charge in [0.25, 0.3) is 0 Å². The Kier molecular flexibility index (Phi) is 8.37. The van der Waals surface area contributed by atoms with E-state index in [4.69, 9.17) is 23.2 Å². The van der Waals surface area contributed by atoms with Crippen LogP contribution in [-0.2, 0) is 6.54 Å². The van der Waals surface area contributed by atoms with Crippen molar-refractivity contribution in [1.82, 2.24) is 20.6 Å². The number of piperidine rings is 1. The average molecular weight is 432 g/mol. The van der Waals surface area contributed by atoms with Crippen LogP contribution in [0.5, 0.6) is 0 Å². The molecule has 2 heterocycles. The lowest BCUT2D eigenvalue weighted by Crippen LogP contribution is -2.38. The van der Waals surface area contributed by atoms with Gasteiger partial charge in [-0.25, -0.2) is 14.8 Å². The highest BCUT2D eigenvalue weighted by molar-refractivity contribution is 6.42. The minimum Gasteiger partial charge on any atom is -0.366 e. The molecule has 1 atom stereocenters. The number of aromatic nitrogens is 2. The molecule has 0 radical (unpaired) electrons. The van der Waals surface area contributed by atoms with Crippen LogP contribution in [0.25, 0.3) is 0 Å². The molecule has 1 aromatic heterocycles. The summed E-state index contributed by atoms with van der Waals surface area (Å²) in [5.74, 6) is 1.29. The van der Waals surface area contributed by atoms with Gasteiger partial charge in [-0.2, -0.15) is 0 Å². The Labute approximate surface area is 174 Å². The number of carbonyl (C=O) groups is 1. The fourth-order valence-corrected chi connectivity index (χ4v) is 2.96. The van der Waals surface area contributed by atoms with E-state index in [0.29, 0.717) is 27.6 Å². The summed E-state index contributed by atoms with van der Waals surface area (Å²) in [5.41, 5.74) is 0.554. The number of carbonyl (C=O) groups excluding carboxylic acids is 1. The zero-order valence-corrected chi connectivity index (χ0v) is 16.8. The van der Waals surface area contributed by atoms with Crippen molar-refractivity contribution in [2.45, 2.75) is 25.4 Å². The fraction of sp³-hybridized carbons (Fsp3) is 0.353. The summed E-state index contributed by atoms with van der Waals surface area (Å²) in [6.45, 7) is 2.19. The molecule has 1 fully saturated rings. The second-order valence-corrected chi connectivity index (χ2v) is 6.80. The van der Waals surface area contributed by atoms with Crippen molar-refractivity contribution in [2.24, 2.45) is 0 Å². The van der Waals surface area contributed by atoms with Gasteiger partial charge in [-0.15, -0.1) is 12.4 Å². The van der Waals surface area contributed by atoms with Gasteiger partial charge in [0, 0.05) is 24.5 Å². The Balaban J connectivity index is 0.00000261. The summed E-state index contributed by atoms with van der Waals surface area (Å²) in [6.07, 6.45) is 3.93. The van der Waals surface area contributed by atoms with Crippen LogP contribution in [-0.4, -0.2) is 35.1 Å². The number of nitrogens with zero attached hydrogens (tertiary/aromatic N) is 2. The molecule has 7 nitrogen and oxygen atoms in total. The Hall–Kier alpha value is -1.80. The zero-order valence-electron chi connectivity index (χ0n) is 14.5.